The number of benzene rings is 1. The number of methoxy groups -OCH3 is 2. The van der Waals surface area contributed by atoms with Gasteiger partial charge in [-0.1, -0.05) is 12.1 Å². The van der Waals surface area contributed by atoms with Gasteiger partial charge in [-0.25, -0.2) is 9.59 Å². The van der Waals surface area contributed by atoms with Crippen LogP contribution in [0.25, 0.3) is 0 Å². The number of primary amides is 1. The normalized spacial score (nSPS) is 14.4. The van der Waals surface area contributed by atoms with E-state index in [0.717, 1.165) is 0 Å². The van der Waals surface area contributed by atoms with E-state index in [9.17, 15) is 14.4 Å². The van der Waals surface area contributed by atoms with E-state index >= 15 is 0 Å². The molecule has 1 aliphatic heterocycles. The highest BCUT2D eigenvalue weighted by atomic mass is 16.5. The quantitative estimate of drug-likeness (QED) is 0.788. The van der Waals surface area contributed by atoms with Gasteiger partial charge in [0.15, 0.2) is 0 Å². The van der Waals surface area contributed by atoms with Gasteiger partial charge in [-0.2, -0.15) is 0 Å². The van der Waals surface area contributed by atoms with Crippen LogP contribution in [0.2, 0.25) is 0 Å². The highest BCUT2D eigenvalue weighted by Crippen LogP contribution is 2.29. The maximum absolute atomic E-state index is 12.2. The summed E-state index contributed by atoms with van der Waals surface area (Å²) in [6, 6.07) is 6.41. The fourth-order valence-corrected chi connectivity index (χ4v) is 2.25. The van der Waals surface area contributed by atoms with Crippen molar-refractivity contribution in [3.8, 4) is 0 Å². The minimum atomic E-state index is -0.743. The maximum Gasteiger partial charge on any atom is 0.355 e. The molecule has 0 saturated carbocycles. The van der Waals surface area contributed by atoms with Gasteiger partial charge in [0.2, 0.25) is 0 Å². The van der Waals surface area contributed by atoms with E-state index < -0.39 is 17.8 Å². The highest BCUT2D eigenvalue weighted by Gasteiger charge is 2.33. The van der Waals surface area contributed by atoms with Gasteiger partial charge in [0, 0.05) is 0 Å². The van der Waals surface area contributed by atoms with Gasteiger partial charge in [0.05, 0.1) is 37.7 Å². The number of hydrogen-bond acceptors (Lipinski definition) is 7. The van der Waals surface area contributed by atoms with Gasteiger partial charge in [-0.3, -0.25) is 4.79 Å². The van der Waals surface area contributed by atoms with E-state index in [2.05, 4.69) is 4.74 Å². The zero-order valence-corrected chi connectivity index (χ0v) is 12.7. The van der Waals surface area contributed by atoms with Crippen LogP contribution in [0.4, 0.5) is 5.69 Å². The Balaban J connectivity index is 2.63. The van der Waals surface area contributed by atoms with Crippen LogP contribution in [0.1, 0.15) is 10.4 Å². The fraction of sp³-hybridized carbons (Fsp3) is 0.267. The predicted octanol–water partition coefficient (Wildman–Crippen LogP) is 0.180. The maximum atomic E-state index is 12.2. The number of ether oxygens (including phenoxy) is 3. The molecule has 1 heterocycles. The van der Waals surface area contributed by atoms with Crippen molar-refractivity contribution >= 4 is 23.5 Å². The molecule has 0 spiro atoms. The standard InChI is InChI=1S/C15H16N2O6/c1-21-14(19)10-7-23-8-17(12(10)15(20)22-2)11-6-4-3-5-9(11)13(16)18/h3-6H,7-8H2,1-2H3,(H2,16,18). The molecular formula is C15H16N2O6. The molecule has 0 radical (unpaired) electrons. The number of nitrogens with zero attached hydrogens (tertiary/aromatic N) is 1. The molecule has 0 bridgehead atoms. The molecule has 0 aromatic heterocycles. The van der Waals surface area contributed by atoms with Gasteiger partial charge in [0.1, 0.15) is 12.4 Å². The van der Waals surface area contributed by atoms with Gasteiger partial charge in [-0.15, -0.1) is 0 Å². The Hall–Kier alpha value is -2.87. The summed E-state index contributed by atoms with van der Waals surface area (Å²) < 4.78 is 14.8. The van der Waals surface area contributed by atoms with Gasteiger partial charge in [-0.05, 0) is 12.1 Å². The first kappa shape index (κ1) is 16.5. The average Bonchev–Trinajstić information content (AvgIpc) is 2.59. The van der Waals surface area contributed by atoms with Gasteiger partial charge >= 0.3 is 11.9 Å². The van der Waals surface area contributed by atoms with Crippen LogP contribution < -0.4 is 10.6 Å². The Morgan fingerprint density at radius 2 is 1.78 bits per heavy atom. The Morgan fingerprint density at radius 3 is 2.39 bits per heavy atom. The number of hydrogen-bond donors (Lipinski definition) is 1. The second-order valence-electron chi connectivity index (χ2n) is 4.60. The van der Waals surface area contributed by atoms with Crippen LogP contribution in [-0.4, -0.2) is 45.4 Å². The molecule has 2 N–H and O–H groups in total. The number of carbonyl (C=O) groups excluding carboxylic acids is 3. The summed E-state index contributed by atoms with van der Waals surface area (Å²) in [5, 5.41) is 0. The number of amides is 1. The molecule has 0 aliphatic carbocycles. The molecule has 8 nitrogen and oxygen atoms in total. The van der Waals surface area contributed by atoms with E-state index in [1.165, 1.54) is 25.2 Å². The lowest BCUT2D eigenvalue weighted by molar-refractivity contribution is -0.140. The first-order valence-corrected chi connectivity index (χ1v) is 6.65. The van der Waals surface area contributed by atoms with Crippen molar-refractivity contribution in [3.63, 3.8) is 0 Å². The van der Waals surface area contributed by atoms with E-state index in [1.807, 2.05) is 0 Å². The third kappa shape index (κ3) is 3.16. The molecule has 23 heavy (non-hydrogen) atoms. The Kier molecular flexibility index (Phi) is 4.97. The Labute approximate surface area is 132 Å². The highest BCUT2D eigenvalue weighted by molar-refractivity contribution is 6.05. The SMILES string of the molecule is COC(=O)C1=C(C(=O)OC)N(c2ccccc2C(N)=O)COC1. The molecule has 1 amide bonds. The lowest BCUT2D eigenvalue weighted by Crippen LogP contribution is -2.39. The summed E-state index contributed by atoms with van der Waals surface area (Å²) in [4.78, 5) is 37.0. The molecule has 1 aromatic rings. The number of anilines is 1. The first-order valence-electron chi connectivity index (χ1n) is 6.65. The topological polar surface area (TPSA) is 108 Å². The number of para-hydroxylation sites is 1. The lowest BCUT2D eigenvalue weighted by atomic mass is 10.1. The first-order chi connectivity index (χ1) is 11.0. The minimum Gasteiger partial charge on any atom is -0.466 e. The molecule has 0 fully saturated rings. The molecule has 8 heteroatoms. The largest absolute Gasteiger partial charge is 0.466 e. The number of nitrogens with two attached hydrogens (primary N) is 1. The summed E-state index contributed by atoms with van der Waals surface area (Å²) in [5.74, 6) is -2.13. The molecule has 1 aliphatic rings. The van der Waals surface area contributed by atoms with Gasteiger partial charge < -0.3 is 24.8 Å². The van der Waals surface area contributed by atoms with Crippen LogP contribution in [0, 0.1) is 0 Å². The zero-order chi connectivity index (χ0) is 17.0. The van der Waals surface area contributed by atoms with Crippen molar-refractivity contribution in [2.75, 3.05) is 32.5 Å². The van der Waals surface area contributed by atoms with Crippen LogP contribution in [0.3, 0.4) is 0 Å². The molecule has 0 saturated heterocycles. The monoisotopic (exact) mass is 320 g/mol. The smallest absolute Gasteiger partial charge is 0.355 e. The summed E-state index contributed by atoms with van der Waals surface area (Å²) in [6.45, 7) is -0.151. The van der Waals surface area contributed by atoms with Crippen molar-refractivity contribution in [2.45, 2.75) is 0 Å². The minimum absolute atomic E-state index is 0.00451. The van der Waals surface area contributed by atoms with Gasteiger partial charge in [0.25, 0.3) is 5.91 Å². The number of esters is 2. The summed E-state index contributed by atoms with van der Waals surface area (Å²) in [7, 11) is 2.39. The molecule has 122 valence electrons. The number of rotatable bonds is 4. The van der Waals surface area contributed by atoms with Crippen LogP contribution >= 0.6 is 0 Å². The second-order valence-corrected chi connectivity index (χ2v) is 4.60. The van der Waals surface area contributed by atoms with Crippen molar-refractivity contribution in [3.05, 3.63) is 41.1 Å². The van der Waals surface area contributed by atoms with Crippen LogP contribution in [0.15, 0.2) is 35.5 Å². The van der Waals surface area contributed by atoms with E-state index in [0.29, 0.717) is 5.69 Å². The third-order valence-corrected chi connectivity index (χ3v) is 3.29. The summed E-state index contributed by atoms with van der Waals surface area (Å²) in [6.07, 6.45) is 0. The Morgan fingerprint density at radius 1 is 1.13 bits per heavy atom. The molecule has 0 unspecified atom stereocenters. The van der Waals surface area contributed by atoms with E-state index in [-0.39, 0.29) is 30.2 Å². The van der Waals surface area contributed by atoms with Crippen molar-refractivity contribution in [2.24, 2.45) is 5.73 Å². The van der Waals surface area contributed by atoms with Crippen molar-refractivity contribution < 1.29 is 28.6 Å². The van der Waals surface area contributed by atoms with Crippen LogP contribution in [-0.2, 0) is 23.8 Å². The van der Waals surface area contributed by atoms with Crippen molar-refractivity contribution in [1.82, 2.24) is 0 Å². The molecule has 2 rings (SSSR count). The summed E-state index contributed by atoms with van der Waals surface area (Å²) in [5.41, 5.74) is 5.85. The Bertz CT molecular complexity index is 682. The van der Waals surface area contributed by atoms with E-state index in [1.54, 1.807) is 18.2 Å². The fourth-order valence-electron chi connectivity index (χ4n) is 2.25. The summed E-state index contributed by atoms with van der Waals surface area (Å²) >= 11 is 0. The van der Waals surface area contributed by atoms with E-state index in [4.69, 9.17) is 15.2 Å². The molecular weight excluding hydrogens is 304 g/mol. The zero-order valence-electron chi connectivity index (χ0n) is 12.7. The molecule has 0 atom stereocenters. The second kappa shape index (κ2) is 6.93. The van der Waals surface area contributed by atoms with Crippen molar-refractivity contribution in [1.29, 1.82) is 0 Å². The predicted molar refractivity (Wildman–Crippen MR) is 79.3 cm³/mol. The lowest BCUT2D eigenvalue weighted by Gasteiger charge is -2.32. The number of carbonyl (C=O) groups is 3. The molecule has 1 aromatic carbocycles. The average molecular weight is 320 g/mol. The van der Waals surface area contributed by atoms with Crippen LogP contribution in [0.5, 0.6) is 0 Å². The third-order valence-electron chi connectivity index (χ3n) is 3.29.